The predicted octanol–water partition coefficient (Wildman–Crippen LogP) is 3.82. The molecule has 0 aliphatic rings. The molecule has 20 heavy (non-hydrogen) atoms. The molecule has 0 spiro atoms. The lowest BCUT2D eigenvalue weighted by Crippen LogP contribution is -2.30. The molecule has 2 nitrogen and oxygen atoms in total. The molecule has 0 saturated carbocycles. The van der Waals surface area contributed by atoms with E-state index in [0.717, 1.165) is 12.8 Å². The second-order valence-corrected chi connectivity index (χ2v) is 5.12. The predicted molar refractivity (Wildman–Crippen MR) is 86.2 cm³/mol. The standard InChI is InChI=1S/C17H19NOS/c19-17(20)18(13-11-15-7-3-1-4-8-15)14-12-16-9-5-2-6-10-16/h1-10H,11-14H2,(H,19,20). The molecule has 0 aliphatic heterocycles. The fourth-order valence-electron chi connectivity index (χ4n) is 2.12. The number of carbonyl (C=O) groups is 1. The van der Waals surface area contributed by atoms with Crippen LogP contribution in [0.25, 0.3) is 0 Å². The number of hydrogen-bond donors (Lipinski definition) is 1. The Morgan fingerprint density at radius 3 is 1.55 bits per heavy atom. The summed E-state index contributed by atoms with van der Waals surface area (Å²) in [4.78, 5) is 13.4. The first-order chi connectivity index (χ1) is 9.75. The maximum absolute atomic E-state index is 11.6. The van der Waals surface area contributed by atoms with Crippen LogP contribution in [0.5, 0.6) is 0 Å². The summed E-state index contributed by atoms with van der Waals surface area (Å²) in [6.07, 6.45) is 1.73. The monoisotopic (exact) mass is 285 g/mol. The fraction of sp³-hybridized carbons (Fsp3) is 0.235. The van der Waals surface area contributed by atoms with Gasteiger partial charge in [-0.15, -0.1) is 0 Å². The minimum Gasteiger partial charge on any atom is -0.333 e. The van der Waals surface area contributed by atoms with Crippen LogP contribution in [0.2, 0.25) is 0 Å². The van der Waals surface area contributed by atoms with Crippen LogP contribution in [0.3, 0.4) is 0 Å². The van der Waals surface area contributed by atoms with Crippen molar-refractivity contribution in [1.29, 1.82) is 0 Å². The van der Waals surface area contributed by atoms with Gasteiger partial charge in [0.1, 0.15) is 0 Å². The summed E-state index contributed by atoms with van der Waals surface area (Å²) >= 11 is 3.97. The van der Waals surface area contributed by atoms with Crippen molar-refractivity contribution in [2.75, 3.05) is 13.1 Å². The molecule has 0 aromatic heterocycles. The third kappa shape index (κ3) is 4.74. The Balaban J connectivity index is 1.86. The van der Waals surface area contributed by atoms with E-state index in [-0.39, 0.29) is 5.24 Å². The van der Waals surface area contributed by atoms with Gasteiger partial charge < -0.3 is 4.90 Å². The first-order valence-electron chi connectivity index (χ1n) is 6.81. The number of benzene rings is 2. The van der Waals surface area contributed by atoms with E-state index in [9.17, 15) is 4.79 Å². The summed E-state index contributed by atoms with van der Waals surface area (Å²) in [5.41, 5.74) is 2.48. The number of nitrogens with zero attached hydrogens (tertiary/aromatic N) is 1. The van der Waals surface area contributed by atoms with E-state index in [4.69, 9.17) is 0 Å². The van der Waals surface area contributed by atoms with Crippen LogP contribution in [-0.2, 0) is 12.8 Å². The topological polar surface area (TPSA) is 20.3 Å². The highest BCUT2D eigenvalue weighted by atomic mass is 32.1. The van der Waals surface area contributed by atoms with Crippen molar-refractivity contribution in [3.05, 3.63) is 71.8 Å². The van der Waals surface area contributed by atoms with E-state index >= 15 is 0 Å². The zero-order valence-corrected chi connectivity index (χ0v) is 12.3. The minimum atomic E-state index is -0.156. The summed E-state index contributed by atoms with van der Waals surface area (Å²) in [5, 5.41) is -0.156. The SMILES string of the molecule is O=C(S)N(CCc1ccccc1)CCc1ccccc1. The fourth-order valence-corrected chi connectivity index (χ4v) is 2.32. The lowest BCUT2D eigenvalue weighted by Gasteiger charge is -2.20. The van der Waals surface area contributed by atoms with Gasteiger partial charge in [-0.2, -0.15) is 0 Å². The molecule has 0 aliphatic carbocycles. The average Bonchev–Trinajstić information content (AvgIpc) is 2.49. The molecular weight excluding hydrogens is 266 g/mol. The van der Waals surface area contributed by atoms with Crippen molar-refractivity contribution in [1.82, 2.24) is 4.90 Å². The van der Waals surface area contributed by atoms with E-state index in [1.54, 1.807) is 4.90 Å². The van der Waals surface area contributed by atoms with Crippen LogP contribution < -0.4 is 0 Å². The van der Waals surface area contributed by atoms with Gasteiger partial charge in [-0.3, -0.25) is 4.79 Å². The summed E-state index contributed by atoms with van der Waals surface area (Å²) in [7, 11) is 0. The van der Waals surface area contributed by atoms with Crippen LogP contribution in [0.1, 0.15) is 11.1 Å². The largest absolute Gasteiger partial charge is 0.333 e. The molecule has 2 aromatic carbocycles. The summed E-state index contributed by atoms with van der Waals surface area (Å²) < 4.78 is 0. The lowest BCUT2D eigenvalue weighted by molar-refractivity contribution is 0.224. The van der Waals surface area contributed by atoms with E-state index in [0.29, 0.717) is 13.1 Å². The van der Waals surface area contributed by atoms with Crippen molar-refractivity contribution >= 4 is 17.9 Å². The maximum atomic E-state index is 11.6. The van der Waals surface area contributed by atoms with Gasteiger partial charge in [0.25, 0.3) is 5.24 Å². The third-order valence-corrected chi connectivity index (χ3v) is 3.58. The van der Waals surface area contributed by atoms with Crippen LogP contribution >= 0.6 is 12.6 Å². The summed E-state index contributed by atoms with van der Waals surface area (Å²) in [6, 6.07) is 20.4. The molecule has 0 N–H and O–H groups in total. The van der Waals surface area contributed by atoms with Gasteiger partial charge in [0.15, 0.2) is 0 Å². The van der Waals surface area contributed by atoms with Gasteiger partial charge in [-0.25, -0.2) is 0 Å². The van der Waals surface area contributed by atoms with E-state index < -0.39 is 0 Å². The van der Waals surface area contributed by atoms with Gasteiger partial charge in [0.2, 0.25) is 0 Å². The van der Waals surface area contributed by atoms with Gasteiger partial charge in [-0.1, -0.05) is 73.3 Å². The zero-order valence-electron chi connectivity index (χ0n) is 11.4. The number of hydrogen-bond acceptors (Lipinski definition) is 1. The van der Waals surface area contributed by atoms with Gasteiger partial charge >= 0.3 is 0 Å². The van der Waals surface area contributed by atoms with Gasteiger partial charge in [0.05, 0.1) is 0 Å². The molecule has 0 heterocycles. The second kappa shape index (κ2) is 7.75. The number of thiol groups is 1. The third-order valence-electron chi connectivity index (χ3n) is 3.30. The van der Waals surface area contributed by atoms with Gasteiger partial charge in [-0.05, 0) is 24.0 Å². The molecule has 2 rings (SSSR count). The first kappa shape index (κ1) is 14.7. The Kier molecular flexibility index (Phi) is 5.69. The smallest absolute Gasteiger partial charge is 0.278 e. The number of amides is 1. The van der Waals surface area contributed by atoms with Crippen molar-refractivity contribution in [3.8, 4) is 0 Å². The molecular formula is C17H19NOS. The van der Waals surface area contributed by atoms with E-state index in [2.05, 4.69) is 36.9 Å². The molecule has 2 aromatic rings. The zero-order chi connectivity index (χ0) is 14.2. The number of carbonyl (C=O) groups excluding carboxylic acids is 1. The van der Waals surface area contributed by atoms with Crippen molar-refractivity contribution in [2.45, 2.75) is 12.8 Å². The highest BCUT2D eigenvalue weighted by Crippen LogP contribution is 2.06. The lowest BCUT2D eigenvalue weighted by atomic mass is 10.1. The van der Waals surface area contributed by atoms with Crippen LogP contribution in [0.4, 0.5) is 4.79 Å². The first-order valence-corrected chi connectivity index (χ1v) is 7.26. The van der Waals surface area contributed by atoms with Crippen LogP contribution in [0, 0.1) is 0 Å². The Bertz CT molecular complexity index is 484. The highest BCUT2D eigenvalue weighted by Gasteiger charge is 2.09. The van der Waals surface area contributed by atoms with Crippen molar-refractivity contribution < 1.29 is 4.79 Å². The Labute approximate surface area is 125 Å². The van der Waals surface area contributed by atoms with E-state index in [1.165, 1.54) is 11.1 Å². The van der Waals surface area contributed by atoms with Gasteiger partial charge in [0, 0.05) is 13.1 Å². The molecule has 0 radical (unpaired) electrons. The molecule has 0 bridgehead atoms. The molecule has 0 saturated heterocycles. The Morgan fingerprint density at radius 2 is 1.20 bits per heavy atom. The Morgan fingerprint density at radius 1 is 0.800 bits per heavy atom. The summed E-state index contributed by atoms with van der Waals surface area (Å²) in [6.45, 7) is 1.42. The normalized spacial score (nSPS) is 10.2. The van der Waals surface area contributed by atoms with Crippen molar-refractivity contribution in [3.63, 3.8) is 0 Å². The summed E-state index contributed by atoms with van der Waals surface area (Å²) in [5.74, 6) is 0. The molecule has 1 amide bonds. The molecule has 0 atom stereocenters. The maximum Gasteiger partial charge on any atom is 0.278 e. The molecule has 104 valence electrons. The van der Waals surface area contributed by atoms with E-state index in [1.807, 2.05) is 36.4 Å². The Hall–Kier alpha value is -1.74. The van der Waals surface area contributed by atoms with Crippen LogP contribution in [-0.4, -0.2) is 23.2 Å². The van der Waals surface area contributed by atoms with Crippen molar-refractivity contribution in [2.24, 2.45) is 0 Å². The highest BCUT2D eigenvalue weighted by molar-refractivity contribution is 7.96. The average molecular weight is 285 g/mol. The number of rotatable bonds is 6. The van der Waals surface area contributed by atoms with Crippen LogP contribution in [0.15, 0.2) is 60.7 Å². The molecule has 3 heteroatoms. The second-order valence-electron chi connectivity index (χ2n) is 4.74. The quantitative estimate of drug-likeness (QED) is 0.800. The minimum absolute atomic E-state index is 0.156. The molecule has 0 unspecified atom stereocenters. The molecule has 0 fully saturated rings.